The van der Waals surface area contributed by atoms with Crippen LogP contribution in [-0.4, -0.2) is 36.6 Å². The highest BCUT2D eigenvalue weighted by molar-refractivity contribution is 7.91. The Morgan fingerprint density at radius 2 is 1.89 bits per heavy atom. The average Bonchev–Trinajstić information content (AvgIpc) is 2.85. The maximum Gasteiger partial charge on any atom is 0.213 e. The van der Waals surface area contributed by atoms with Crippen LogP contribution in [0.2, 0.25) is 0 Å². The fourth-order valence-electron chi connectivity index (χ4n) is 3.94. The van der Waals surface area contributed by atoms with Crippen molar-refractivity contribution in [2.75, 3.05) is 18.1 Å². The van der Waals surface area contributed by atoms with Crippen LogP contribution < -0.4 is 4.74 Å². The van der Waals surface area contributed by atoms with Gasteiger partial charge in [-0.15, -0.1) is 0 Å². The molecule has 2 aliphatic rings. The fourth-order valence-corrected chi connectivity index (χ4v) is 5.53. The number of sulfone groups is 1. The quantitative estimate of drug-likeness (QED) is 0.873. The maximum absolute atomic E-state index is 11.5. The minimum absolute atomic E-state index is 0.0361. The zero-order chi connectivity index (χ0) is 18.9. The van der Waals surface area contributed by atoms with Gasteiger partial charge in [-0.1, -0.05) is 12.1 Å². The number of rotatable bonds is 4. The standard InChI is InChI=1S/C21H25NO4S/c23-13-16-4-5-17-2-1-3-20-18(19(17)12-16)6-7-21(22-20)26-14-15-8-10-27(24,25)11-9-15/h4-7,12,15,23H,1-3,8-11,13-14H2. The molecule has 0 amide bonds. The van der Waals surface area contributed by atoms with E-state index in [0.29, 0.717) is 25.3 Å². The molecule has 0 radical (unpaired) electrons. The van der Waals surface area contributed by atoms with Crippen LogP contribution >= 0.6 is 0 Å². The molecule has 1 aliphatic heterocycles. The van der Waals surface area contributed by atoms with E-state index in [1.165, 1.54) is 5.56 Å². The fraction of sp³-hybridized carbons (Fsp3) is 0.476. The lowest BCUT2D eigenvalue weighted by Gasteiger charge is -2.22. The molecule has 4 rings (SSSR count). The molecule has 1 fully saturated rings. The molecule has 1 aliphatic carbocycles. The Balaban J connectivity index is 1.51. The summed E-state index contributed by atoms with van der Waals surface area (Å²) in [6, 6.07) is 10.1. The largest absolute Gasteiger partial charge is 0.477 e. The molecule has 27 heavy (non-hydrogen) atoms. The SMILES string of the molecule is O=S1(=O)CCC(COc2ccc3c(n2)CCCc2ccc(CO)cc2-3)CC1. The van der Waals surface area contributed by atoms with Crippen molar-refractivity contribution in [3.8, 4) is 17.0 Å². The monoisotopic (exact) mass is 387 g/mol. The van der Waals surface area contributed by atoms with E-state index in [9.17, 15) is 13.5 Å². The number of fused-ring (bicyclic) bond motifs is 3. The van der Waals surface area contributed by atoms with Crippen molar-refractivity contribution in [1.82, 2.24) is 4.98 Å². The molecule has 1 aromatic heterocycles. The van der Waals surface area contributed by atoms with Gasteiger partial charge in [-0.2, -0.15) is 0 Å². The van der Waals surface area contributed by atoms with Crippen LogP contribution in [0.3, 0.4) is 0 Å². The number of aromatic nitrogens is 1. The first-order chi connectivity index (χ1) is 13.0. The van der Waals surface area contributed by atoms with Crippen molar-refractivity contribution >= 4 is 9.84 Å². The van der Waals surface area contributed by atoms with Gasteiger partial charge in [0.15, 0.2) is 0 Å². The summed E-state index contributed by atoms with van der Waals surface area (Å²) in [7, 11) is -2.84. The number of aliphatic hydroxyl groups is 1. The van der Waals surface area contributed by atoms with Crippen LogP contribution in [0.4, 0.5) is 0 Å². The van der Waals surface area contributed by atoms with Gasteiger partial charge in [0.05, 0.1) is 30.4 Å². The van der Waals surface area contributed by atoms with Crippen molar-refractivity contribution < 1.29 is 18.3 Å². The molecule has 0 spiro atoms. The second-order valence-corrected chi connectivity index (χ2v) is 9.86. The number of aryl methyl sites for hydroxylation is 2. The summed E-state index contributed by atoms with van der Waals surface area (Å²) < 4.78 is 29.0. The van der Waals surface area contributed by atoms with Gasteiger partial charge >= 0.3 is 0 Å². The summed E-state index contributed by atoms with van der Waals surface area (Å²) in [5, 5.41) is 9.45. The third-order valence-corrected chi connectivity index (χ3v) is 7.31. The molecule has 1 N–H and O–H groups in total. The van der Waals surface area contributed by atoms with Gasteiger partial charge < -0.3 is 9.84 Å². The Hall–Kier alpha value is -1.92. The Morgan fingerprint density at radius 1 is 1.07 bits per heavy atom. The summed E-state index contributed by atoms with van der Waals surface area (Å²) in [5.74, 6) is 1.43. The molecule has 144 valence electrons. The Morgan fingerprint density at radius 3 is 2.67 bits per heavy atom. The van der Waals surface area contributed by atoms with E-state index in [4.69, 9.17) is 9.72 Å². The van der Waals surface area contributed by atoms with Gasteiger partial charge in [0.2, 0.25) is 5.88 Å². The first kappa shape index (κ1) is 18.4. The van der Waals surface area contributed by atoms with Gasteiger partial charge in [0.25, 0.3) is 0 Å². The summed E-state index contributed by atoms with van der Waals surface area (Å²) in [5.41, 5.74) is 5.52. The Labute approximate surface area is 160 Å². The van der Waals surface area contributed by atoms with Crippen molar-refractivity contribution in [1.29, 1.82) is 0 Å². The van der Waals surface area contributed by atoms with E-state index in [1.807, 2.05) is 12.1 Å². The van der Waals surface area contributed by atoms with Gasteiger partial charge in [-0.05, 0) is 66.8 Å². The molecule has 1 saturated heterocycles. The van der Waals surface area contributed by atoms with Gasteiger partial charge in [0, 0.05) is 11.6 Å². The van der Waals surface area contributed by atoms with Crippen LogP contribution in [0.5, 0.6) is 5.88 Å². The molecule has 0 saturated carbocycles. The molecule has 2 aromatic rings. The van der Waals surface area contributed by atoms with Crippen LogP contribution in [0.1, 0.15) is 36.1 Å². The summed E-state index contributed by atoms with van der Waals surface area (Å²) >= 11 is 0. The summed E-state index contributed by atoms with van der Waals surface area (Å²) in [6.07, 6.45) is 4.28. The van der Waals surface area contributed by atoms with Crippen molar-refractivity contribution in [2.24, 2.45) is 5.92 Å². The number of nitrogens with zero attached hydrogens (tertiary/aromatic N) is 1. The molecule has 2 heterocycles. The highest BCUT2D eigenvalue weighted by Gasteiger charge is 2.24. The normalized spacial score (nSPS) is 19.0. The van der Waals surface area contributed by atoms with Gasteiger partial charge in [-0.3, -0.25) is 0 Å². The topological polar surface area (TPSA) is 76.5 Å². The second-order valence-electron chi connectivity index (χ2n) is 7.55. The second kappa shape index (κ2) is 7.60. The first-order valence-electron chi connectivity index (χ1n) is 9.60. The number of benzene rings is 1. The van der Waals surface area contributed by atoms with E-state index in [1.54, 1.807) is 0 Å². The molecule has 5 nitrogen and oxygen atoms in total. The molecule has 6 heteroatoms. The highest BCUT2D eigenvalue weighted by Crippen LogP contribution is 2.33. The van der Waals surface area contributed by atoms with Crippen LogP contribution in [0, 0.1) is 5.92 Å². The lowest BCUT2D eigenvalue weighted by molar-refractivity contribution is 0.230. The van der Waals surface area contributed by atoms with Crippen LogP contribution in [-0.2, 0) is 29.3 Å². The highest BCUT2D eigenvalue weighted by atomic mass is 32.2. The van der Waals surface area contributed by atoms with Crippen LogP contribution in [0.25, 0.3) is 11.1 Å². The van der Waals surface area contributed by atoms with E-state index >= 15 is 0 Å². The molecular formula is C21H25NO4S. The number of hydrogen-bond acceptors (Lipinski definition) is 5. The lowest BCUT2D eigenvalue weighted by atomic mass is 9.97. The summed E-state index contributed by atoms with van der Waals surface area (Å²) in [4.78, 5) is 4.74. The Kier molecular flexibility index (Phi) is 5.19. The predicted molar refractivity (Wildman–Crippen MR) is 104 cm³/mol. The predicted octanol–water partition coefficient (Wildman–Crippen LogP) is 2.93. The van der Waals surface area contributed by atoms with Crippen molar-refractivity contribution in [2.45, 2.75) is 38.7 Å². The first-order valence-corrected chi connectivity index (χ1v) is 11.4. The third-order valence-electron chi connectivity index (χ3n) is 5.60. The number of hydrogen-bond donors (Lipinski definition) is 1. The average molecular weight is 388 g/mol. The molecule has 0 unspecified atom stereocenters. The molecule has 0 atom stereocenters. The van der Waals surface area contributed by atoms with E-state index in [-0.39, 0.29) is 24.0 Å². The minimum Gasteiger partial charge on any atom is -0.477 e. The van der Waals surface area contributed by atoms with E-state index < -0.39 is 9.84 Å². The van der Waals surface area contributed by atoms with Crippen LogP contribution in [0.15, 0.2) is 30.3 Å². The Bertz CT molecular complexity index is 925. The number of pyridine rings is 1. The zero-order valence-electron chi connectivity index (χ0n) is 15.4. The van der Waals surface area contributed by atoms with Crippen molar-refractivity contribution in [3.63, 3.8) is 0 Å². The lowest BCUT2D eigenvalue weighted by Crippen LogP contribution is -2.27. The van der Waals surface area contributed by atoms with Crippen molar-refractivity contribution in [3.05, 3.63) is 47.2 Å². The maximum atomic E-state index is 11.5. The molecule has 1 aromatic carbocycles. The number of ether oxygens (including phenoxy) is 1. The third kappa shape index (κ3) is 4.17. The van der Waals surface area contributed by atoms with E-state index in [0.717, 1.165) is 41.6 Å². The molecular weight excluding hydrogens is 362 g/mol. The smallest absolute Gasteiger partial charge is 0.213 e. The summed E-state index contributed by atoms with van der Waals surface area (Å²) in [6.45, 7) is 0.556. The van der Waals surface area contributed by atoms with Gasteiger partial charge in [-0.25, -0.2) is 13.4 Å². The van der Waals surface area contributed by atoms with Gasteiger partial charge in [0.1, 0.15) is 9.84 Å². The molecule has 0 bridgehead atoms. The minimum atomic E-state index is -2.84. The number of aliphatic hydroxyl groups excluding tert-OH is 1. The van der Waals surface area contributed by atoms with E-state index in [2.05, 4.69) is 18.2 Å². The zero-order valence-corrected chi connectivity index (χ0v) is 16.2.